The molecule has 0 fully saturated rings. The van der Waals surface area contributed by atoms with Gasteiger partial charge in [0.25, 0.3) is 0 Å². The van der Waals surface area contributed by atoms with Gasteiger partial charge < -0.3 is 10.8 Å². The van der Waals surface area contributed by atoms with Gasteiger partial charge in [-0.3, -0.25) is 10.3 Å². The van der Waals surface area contributed by atoms with Crippen LogP contribution in [-0.4, -0.2) is 48.3 Å². The van der Waals surface area contributed by atoms with E-state index in [1.165, 1.54) is 0 Å². The molecule has 0 bridgehead atoms. The molecule has 1 atom stereocenters. The van der Waals surface area contributed by atoms with Crippen molar-refractivity contribution in [2.24, 2.45) is 5.73 Å². The molecule has 0 aliphatic carbocycles. The molecule has 1 rings (SSSR count). The van der Waals surface area contributed by atoms with Crippen molar-refractivity contribution in [3.05, 3.63) is 35.9 Å². The molecule has 0 saturated heterocycles. The Kier molecular flexibility index (Phi) is 5.97. The van der Waals surface area contributed by atoms with E-state index in [1.807, 2.05) is 0 Å². The number of nitrogens with one attached hydrogen (secondary N) is 1. The van der Waals surface area contributed by atoms with Gasteiger partial charge in [0.2, 0.25) is 0 Å². The van der Waals surface area contributed by atoms with Gasteiger partial charge >= 0.3 is 6.18 Å². The number of nitrogens with zero attached hydrogens (tertiary/aromatic N) is 1. The van der Waals surface area contributed by atoms with Crippen LogP contribution >= 0.6 is 0 Å². The lowest BCUT2D eigenvalue weighted by atomic mass is 9.97. The zero-order valence-electron chi connectivity index (χ0n) is 10.9. The van der Waals surface area contributed by atoms with Crippen molar-refractivity contribution >= 4 is 5.84 Å². The average Bonchev–Trinajstić information content (AvgIpc) is 2.35. The first-order valence-electron chi connectivity index (χ1n) is 6.12. The fourth-order valence-electron chi connectivity index (χ4n) is 1.96. The zero-order chi connectivity index (χ0) is 15.2. The van der Waals surface area contributed by atoms with Crippen molar-refractivity contribution in [1.29, 1.82) is 5.41 Å². The molecule has 0 heterocycles. The SMILES string of the molecule is N=C(N)C(CN(CCO)CC(F)(F)F)c1ccccc1. The second kappa shape index (κ2) is 7.25. The largest absolute Gasteiger partial charge is 0.401 e. The molecular formula is C13H18F3N3O. The minimum atomic E-state index is -4.35. The summed E-state index contributed by atoms with van der Waals surface area (Å²) in [5.74, 6) is -0.814. The van der Waals surface area contributed by atoms with Crippen LogP contribution in [-0.2, 0) is 0 Å². The van der Waals surface area contributed by atoms with Crippen LogP contribution in [0.3, 0.4) is 0 Å². The van der Waals surface area contributed by atoms with E-state index in [1.54, 1.807) is 30.3 Å². The van der Waals surface area contributed by atoms with Gasteiger partial charge in [0, 0.05) is 13.1 Å². The van der Waals surface area contributed by atoms with Gasteiger partial charge in [0.05, 0.1) is 24.9 Å². The maximum Gasteiger partial charge on any atom is 0.401 e. The number of aliphatic hydroxyl groups is 1. The lowest BCUT2D eigenvalue weighted by Crippen LogP contribution is -2.41. The Morgan fingerprint density at radius 2 is 1.90 bits per heavy atom. The van der Waals surface area contributed by atoms with E-state index in [-0.39, 0.29) is 25.5 Å². The smallest absolute Gasteiger partial charge is 0.395 e. The minimum absolute atomic E-state index is 0.0561. The Balaban J connectivity index is 2.84. The van der Waals surface area contributed by atoms with Crippen molar-refractivity contribution in [1.82, 2.24) is 4.90 Å². The van der Waals surface area contributed by atoms with Crippen molar-refractivity contribution in [2.75, 3.05) is 26.2 Å². The normalized spacial score (nSPS) is 13.4. The molecule has 1 unspecified atom stereocenters. The topological polar surface area (TPSA) is 73.3 Å². The number of aliphatic hydroxyl groups excluding tert-OH is 1. The molecule has 7 heteroatoms. The predicted molar refractivity (Wildman–Crippen MR) is 70.7 cm³/mol. The maximum atomic E-state index is 12.5. The first kappa shape index (κ1) is 16.5. The molecule has 0 saturated carbocycles. The summed E-state index contributed by atoms with van der Waals surface area (Å²) < 4.78 is 37.4. The molecule has 20 heavy (non-hydrogen) atoms. The molecule has 0 radical (unpaired) electrons. The quantitative estimate of drug-likeness (QED) is 0.527. The van der Waals surface area contributed by atoms with Crippen LogP contribution in [0.1, 0.15) is 11.5 Å². The lowest BCUT2D eigenvalue weighted by molar-refractivity contribution is -0.146. The highest BCUT2D eigenvalue weighted by Gasteiger charge is 2.32. The van der Waals surface area contributed by atoms with Gasteiger partial charge in [-0.2, -0.15) is 13.2 Å². The second-order valence-electron chi connectivity index (χ2n) is 4.49. The molecule has 0 spiro atoms. The number of rotatable bonds is 7. The number of hydrogen-bond donors (Lipinski definition) is 3. The summed E-state index contributed by atoms with van der Waals surface area (Å²) in [7, 11) is 0. The van der Waals surface area contributed by atoms with Gasteiger partial charge in [-0.15, -0.1) is 0 Å². The maximum absolute atomic E-state index is 12.5. The van der Waals surface area contributed by atoms with E-state index in [4.69, 9.17) is 16.2 Å². The number of hydrogen-bond acceptors (Lipinski definition) is 3. The van der Waals surface area contributed by atoms with Crippen LogP contribution in [0.5, 0.6) is 0 Å². The monoisotopic (exact) mass is 289 g/mol. The standard InChI is InChI=1S/C13H18F3N3O/c14-13(15,16)9-19(6-7-20)8-11(12(17)18)10-4-2-1-3-5-10/h1-5,11,20H,6-9H2,(H3,17,18). The Labute approximate surface area is 115 Å². The summed E-state index contributed by atoms with van der Waals surface area (Å²) in [6.45, 7) is -1.69. The van der Waals surface area contributed by atoms with Crippen LogP contribution < -0.4 is 5.73 Å². The molecule has 0 aromatic heterocycles. The fraction of sp³-hybridized carbons (Fsp3) is 0.462. The molecular weight excluding hydrogens is 271 g/mol. The van der Waals surface area contributed by atoms with Crippen LogP contribution in [0.4, 0.5) is 13.2 Å². The minimum Gasteiger partial charge on any atom is -0.395 e. The molecule has 112 valence electrons. The Hall–Kier alpha value is -1.60. The molecule has 4 N–H and O–H groups in total. The molecule has 0 aliphatic rings. The van der Waals surface area contributed by atoms with Crippen molar-refractivity contribution in [2.45, 2.75) is 12.1 Å². The van der Waals surface area contributed by atoms with Crippen molar-refractivity contribution in [3.63, 3.8) is 0 Å². The zero-order valence-corrected chi connectivity index (χ0v) is 10.9. The molecule has 1 aromatic rings. The van der Waals surface area contributed by atoms with Crippen LogP contribution in [0, 0.1) is 5.41 Å². The Bertz CT molecular complexity index is 423. The predicted octanol–water partition coefficient (Wildman–Crippen LogP) is 1.56. The van der Waals surface area contributed by atoms with E-state index in [9.17, 15) is 13.2 Å². The first-order chi connectivity index (χ1) is 9.33. The lowest BCUT2D eigenvalue weighted by Gasteiger charge is -2.27. The summed E-state index contributed by atoms with van der Waals surface area (Å²) in [6.07, 6.45) is -4.35. The van der Waals surface area contributed by atoms with Gasteiger partial charge in [-0.05, 0) is 5.56 Å². The number of benzene rings is 1. The number of halogens is 3. The Morgan fingerprint density at radius 1 is 1.30 bits per heavy atom. The molecule has 4 nitrogen and oxygen atoms in total. The third-order valence-electron chi connectivity index (χ3n) is 2.84. The Morgan fingerprint density at radius 3 is 2.35 bits per heavy atom. The van der Waals surface area contributed by atoms with E-state index >= 15 is 0 Å². The summed E-state index contributed by atoms with van der Waals surface area (Å²) in [4.78, 5) is 1.05. The van der Waals surface area contributed by atoms with E-state index in [2.05, 4.69) is 0 Å². The van der Waals surface area contributed by atoms with E-state index < -0.39 is 18.6 Å². The third kappa shape index (κ3) is 5.58. The van der Waals surface area contributed by atoms with Gasteiger partial charge in [-0.1, -0.05) is 30.3 Å². The van der Waals surface area contributed by atoms with Crippen LogP contribution in [0.25, 0.3) is 0 Å². The second-order valence-corrected chi connectivity index (χ2v) is 4.49. The molecule has 1 aromatic carbocycles. The highest BCUT2D eigenvalue weighted by atomic mass is 19.4. The average molecular weight is 289 g/mol. The summed E-state index contributed by atoms with van der Waals surface area (Å²) in [5, 5.41) is 16.4. The van der Waals surface area contributed by atoms with Gasteiger partial charge in [0.1, 0.15) is 0 Å². The van der Waals surface area contributed by atoms with Crippen LogP contribution in [0.15, 0.2) is 30.3 Å². The van der Waals surface area contributed by atoms with Gasteiger partial charge in [0.15, 0.2) is 0 Å². The van der Waals surface area contributed by atoms with Crippen LogP contribution in [0.2, 0.25) is 0 Å². The highest BCUT2D eigenvalue weighted by Crippen LogP contribution is 2.21. The van der Waals surface area contributed by atoms with Gasteiger partial charge in [-0.25, -0.2) is 0 Å². The van der Waals surface area contributed by atoms with E-state index in [0.717, 1.165) is 4.90 Å². The number of alkyl halides is 3. The van der Waals surface area contributed by atoms with E-state index in [0.29, 0.717) is 5.56 Å². The number of nitrogens with two attached hydrogens (primary N) is 1. The summed E-state index contributed by atoms with van der Waals surface area (Å²) in [6, 6.07) is 8.70. The molecule has 0 aliphatic heterocycles. The summed E-state index contributed by atoms with van der Waals surface area (Å²) in [5.41, 5.74) is 6.18. The molecule has 0 amide bonds. The fourth-order valence-corrected chi connectivity index (χ4v) is 1.96. The number of amidine groups is 1. The van der Waals surface area contributed by atoms with Crippen molar-refractivity contribution < 1.29 is 18.3 Å². The third-order valence-corrected chi connectivity index (χ3v) is 2.84. The summed E-state index contributed by atoms with van der Waals surface area (Å²) >= 11 is 0. The van der Waals surface area contributed by atoms with Crippen molar-refractivity contribution in [3.8, 4) is 0 Å². The highest BCUT2D eigenvalue weighted by molar-refractivity contribution is 5.84. The first-order valence-corrected chi connectivity index (χ1v) is 6.12.